The van der Waals surface area contributed by atoms with Crippen molar-refractivity contribution in [1.82, 2.24) is 9.97 Å². The maximum absolute atomic E-state index is 11.1. The van der Waals surface area contributed by atoms with Gasteiger partial charge in [-0.05, 0) is 48.0 Å². The first-order valence-electron chi connectivity index (χ1n) is 5.86. The molecule has 104 valence electrons. The zero-order chi connectivity index (χ0) is 14.9. The van der Waals surface area contributed by atoms with E-state index in [2.05, 4.69) is 25.9 Å². The van der Waals surface area contributed by atoms with Crippen molar-refractivity contribution in [2.45, 2.75) is 13.8 Å². The van der Waals surface area contributed by atoms with Crippen molar-refractivity contribution < 1.29 is 14.6 Å². The first-order chi connectivity index (χ1) is 9.43. The second-order valence-corrected chi connectivity index (χ2v) is 5.10. The van der Waals surface area contributed by atoms with Crippen LogP contribution in [-0.4, -0.2) is 28.2 Å². The highest BCUT2D eigenvalue weighted by Gasteiger charge is 2.16. The molecule has 0 bridgehead atoms. The van der Waals surface area contributed by atoms with E-state index in [1.807, 2.05) is 12.1 Å². The summed E-state index contributed by atoms with van der Waals surface area (Å²) in [5.74, 6) is 0.195. The van der Waals surface area contributed by atoms with Gasteiger partial charge in [0.05, 0.1) is 23.0 Å². The largest absolute Gasteiger partial charge is 0.496 e. The average molecular weight is 337 g/mol. The molecule has 2 rings (SSSR count). The van der Waals surface area contributed by atoms with E-state index in [4.69, 9.17) is 9.84 Å². The van der Waals surface area contributed by atoms with E-state index in [9.17, 15) is 4.79 Å². The second kappa shape index (κ2) is 5.58. The van der Waals surface area contributed by atoms with Gasteiger partial charge in [0.1, 0.15) is 11.3 Å². The Morgan fingerprint density at radius 2 is 1.85 bits per heavy atom. The number of nitrogens with zero attached hydrogens (tertiary/aromatic N) is 2. The lowest BCUT2D eigenvalue weighted by Gasteiger charge is -2.09. The molecule has 1 aromatic carbocycles. The van der Waals surface area contributed by atoms with Crippen LogP contribution < -0.4 is 4.74 Å². The van der Waals surface area contributed by atoms with Crippen molar-refractivity contribution in [1.29, 1.82) is 0 Å². The fourth-order valence-electron chi connectivity index (χ4n) is 1.96. The van der Waals surface area contributed by atoms with Crippen molar-refractivity contribution in [3.63, 3.8) is 0 Å². The molecule has 0 fully saturated rings. The summed E-state index contributed by atoms with van der Waals surface area (Å²) in [6.07, 6.45) is 0. The van der Waals surface area contributed by atoms with Gasteiger partial charge in [-0.3, -0.25) is 0 Å². The smallest absolute Gasteiger partial charge is 0.339 e. The van der Waals surface area contributed by atoms with Gasteiger partial charge in [0.2, 0.25) is 0 Å². The molecule has 1 aromatic heterocycles. The number of methoxy groups -OCH3 is 1. The molecule has 5 nitrogen and oxygen atoms in total. The van der Waals surface area contributed by atoms with Crippen LogP contribution in [0.3, 0.4) is 0 Å². The summed E-state index contributed by atoms with van der Waals surface area (Å²) in [5.41, 5.74) is 1.85. The van der Waals surface area contributed by atoms with Gasteiger partial charge in [-0.15, -0.1) is 0 Å². The van der Waals surface area contributed by atoms with Crippen LogP contribution in [0, 0.1) is 13.8 Å². The van der Waals surface area contributed by atoms with Crippen molar-refractivity contribution in [2.24, 2.45) is 0 Å². The Kier molecular flexibility index (Phi) is 4.04. The van der Waals surface area contributed by atoms with E-state index < -0.39 is 5.97 Å². The molecule has 0 aliphatic carbocycles. The minimum absolute atomic E-state index is 0.154. The third kappa shape index (κ3) is 2.65. The Hall–Kier alpha value is -1.95. The van der Waals surface area contributed by atoms with Crippen molar-refractivity contribution >= 4 is 21.9 Å². The van der Waals surface area contributed by atoms with E-state index in [1.165, 1.54) is 0 Å². The maximum Gasteiger partial charge on any atom is 0.339 e. The number of aryl methyl sites for hydroxylation is 2. The number of aromatic carboxylic acids is 1. The van der Waals surface area contributed by atoms with E-state index in [0.717, 1.165) is 10.0 Å². The van der Waals surface area contributed by atoms with Crippen molar-refractivity contribution in [3.05, 3.63) is 39.6 Å². The lowest BCUT2D eigenvalue weighted by molar-refractivity contribution is 0.0694. The highest BCUT2D eigenvalue weighted by molar-refractivity contribution is 9.10. The predicted molar refractivity (Wildman–Crippen MR) is 78.2 cm³/mol. The lowest BCUT2D eigenvalue weighted by Crippen LogP contribution is -2.08. The standard InChI is InChI=1S/C14H13BrN2O3/c1-7-12(14(18)19)8(2)17-13(16-7)9-4-5-11(20-3)10(15)6-9/h4-6H,1-3H3,(H,18,19). The zero-order valence-electron chi connectivity index (χ0n) is 11.3. The Labute approximate surface area is 124 Å². The highest BCUT2D eigenvalue weighted by atomic mass is 79.9. The van der Waals surface area contributed by atoms with Gasteiger partial charge < -0.3 is 9.84 Å². The minimum Gasteiger partial charge on any atom is -0.496 e. The van der Waals surface area contributed by atoms with Gasteiger partial charge in [-0.2, -0.15) is 0 Å². The monoisotopic (exact) mass is 336 g/mol. The highest BCUT2D eigenvalue weighted by Crippen LogP contribution is 2.29. The third-order valence-corrected chi connectivity index (χ3v) is 3.51. The molecule has 0 atom stereocenters. The molecule has 1 heterocycles. The molecule has 6 heteroatoms. The SMILES string of the molecule is COc1ccc(-c2nc(C)c(C(=O)O)c(C)n2)cc1Br. The molecular formula is C14H13BrN2O3. The Balaban J connectivity index is 2.54. The molecule has 20 heavy (non-hydrogen) atoms. The summed E-state index contributed by atoms with van der Waals surface area (Å²) in [4.78, 5) is 19.7. The van der Waals surface area contributed by atoms with Gasteiger partial charge in [0.25, 0.3) is 0 Å². The molecular weight excluding hydrogens is 324 g/mol. The van der Waals surface area contributed by atoms with Crippen LogP contribution in [0.1, 0.15) is 21.7 Å². The summed E-state index contributed by atoms with van der Waals surface area (Å²) in [5, 5.41) is 9.12. The van der Waals surface area contributed by atoms with Crippen LogP contribution >= 0.6 is 15.9 Å². The fourth-order valence-corrected chi connectivity index (χ4v) is 2.50. The van der Waals surface area contributed by atoms with Gasteiger partial charge in [0.15, 0.2) is 5.82 Å². The number of carboxylic acids is 1. The van der Waals surface area contributed by atoms with E-state index in [1.54, 1.807) is 27.0 Å². The molecule has 0 saturated heterocycles. The third-order valence-electron chi connectivity index (χ3n) is 2.89. The predicted octanol–water partition coefficient (Wildman–Crippen LogP) is 3.23. The van der Waals surface area contributed by atoms with Crippen LogP contribution in [-0.2, 0) is 0 Å². The number of halogens is 1. The molecule has 0 saturated carbocycles. The first-order valence-corrected chi connectivity index (χ1v) is 6.65. The average Bonchev–Trinajstić information content (AvgIpc) is 2.37. The van der Waals surface area contributed by atoms with Crippen molar-refractivity contribution in [2.75, 3.05) is 7.11 Å². The maximum atomic E-state index is 11.1. The molecule has 0 unspecified atom stereocenters. The first kappa shape index (κ1) is 14.5. The van der Waals surface area contributed by atoms with Crippen LogP contribution in [0.4, 0.5) is 0 Å². The van der Waals surface area contributed by atoms with Gasteiger partial charge >= 0.3 is 5.97 Å². The van der Waals surface area contributed by atoms with Crippen LogP contribution in [0.5, 0.6) is 5.75 Å². The van der Waals surface area contributed by atoms with E-state index in [-0.39, 0.29) is 5.56 Å². The number of ether oxygens (including phenoxy) is 1. The molecule has 0 amide bonds. The Morgan fingerprint density at radius 3 is 2.30 bits per heavy atom. The molecule has 2 aromatic rings. The quantitative estimate of drug-likeness (QED) is 0.931. The van der Waals surface area contributed by atoms with Crippen molar-refractivity contribution in [3.8, 4) is 17.1 Å². The zero-order valence-corrected chi connectivity index (χ0v) is 12.9. The van der Waals surface area contributed by atoms with E-state index in [0.29, 0.717) is 23.0 Å². The number of hydrogen-bond donors (Lipinski definition) is 1. The summed E-state index contributed by atoms with van der Waals surface area (Å²) in [7, 11) is 1.59. The second-order valence-electron chi connectivity index (χ2n) is 4.25. The number of carbonyl (C=O) groups is 1. The summed E-state index contributed by atoms with van der Waals surface area (Å²) in [6, 6.07) is 5.48. The molecule has 0 aliphatic heterocycles. The minimum atomic E-state index is -1.01. The topological polar surface area (TPSA) is 72.3 Å². The van der Waals surface area contributed by atoms with Crippen LogP contribution in [0.15, 0.2) is 22.7 Å². The van der Waals surface area contributed by atoms with Gasteiger partial charge in [0, 0.05) is 5.56 Å². The number of carboxylic acid groups (broad SMARTS) is 1. The summed E-state index contributed by atoms with van der Waals surface area (Å²) < 4.78 is 5.96. The molecule has 1 N–H and O–H groups in total. The number of aromatic nitrogens is 2. The molecule has 0 spiro atoms. The van der Waals surface area contributed by atoms with Gasteiger partial charge in [-0.25, -0.2) is 14.8 Å². The van der Waals surface area contributed by atoms with Crippen LogP contribution in [0.25, 0.3) is 11.4 Å². The number of benzene rings is 1. The van der Waals surface area contributed by atoms with E-state index >= 15 is 0 Å². The lowest BCUT2D eigenvalue weighted by atomic mass is 10.1. The van der Waals surface area contributed by atoms with Crippen LogP contribution in [0.2, 0.25) is 0 Å². The number of hydrogen-bond acceptors (Lipinski definition) is 4. The number of rotatable bonds is 3. The Morgan fingerprint density at radius 1 is 1.25 bits per heavy atom. The fraction of sp³-hybridized carbons (Fsp3) is 0.214. The molecule has 0 radical (unpaired) electrons. The normalized spacial score (nSPS) is 10.4. The summed E-state index contributed by atoms with van der Waals surface area (Å²) in [6.45, 7) is 3.33. The Bertz CT molecular complexity index is 663. The van der Waals surface area contributed by atoms with Gasteiger partial charge in [-0.1, -0.05) is 0 Å². The molecule has 0 aliphatic rings. The summed E-state index contributed by atoms with van der Waals surface area (Å²) >= 11 is 3.40.